The van der Waals surface area contributed by atoms with Gasteiger partial charge in [-0.1, -0.05) is 47.2 Å². The molecule has 1 unspecified atom stereocenters. The van der Waals surface area contributed by atoms with Crippen LogP contribution in [0.5, 0.6) is 0 Å². The Morgan fingerprint density at radius 2 is 2.07 bits per heavy atom. The Morgan fingerprint density at radius 3 is 2.75 bits per heavy atom. The zero-order valence-corrected chi connectivity index (χ0v) is 18.8. The molecule has 0 spiro atoms. The van der Waals surface area contributed by atoms with Crippen LogP contribution in [0.15, 0.2) is 11.1 Å². The van der Waals surface area contributed by atoms with Crippen molar-refractivity contribution < 1.29 is 14.3 Å². The fraction of sp³-hybridized carbons (Fsp3) is 0.588. The van der Waals surface area contributed by atoms with Crippen LogP contribution in [0.1, 0.15) is 32.6 Å². The highest BCUT2D eigenvalue weighted by molar-refractivity contribution is 14.1. The second-order valence-electron chi connectivity index (χ2n) is 6.57. The Bertz CT molecular complexity index is 899. The minimum absolute atomic E-state index is 0.0754. The Kier molecular flexibility index (Phi) is 8.28. The van der Waals surface area contributed by atoms with Gasteiger partial charge in [-0.3, -0.25) is 19.4 Å². The van der Waals surface area contributed by atoms with Gasteiger partial charge in [0.25, 0.3) is 5.56 Å². The molecule has 1 atom stereocenters. The molecule has 0 aliphatic carbocycles. The van der Waals surface area contributed by atoms with Crippen LogP contribution in [0.2, 0.25) is 0 Å². The number of aryl methyl sites for hydroxylation is 1. The minimum Gasteiger partial charge on any atom is -0.468 e. The van der Waals surface area contributed by atoms with Crippen molar-refractivity contribution in [1.82, 2.24) is 19.5 Å². The number of carbonyl (C=O) groups excluding carboxylic acids is 2. The van der Waals surface area contributed by atoms with Crippen LogP contribution in [0.25, 0.3) is 11.2 Å². The Morgan fingerprint density at radius 1 is 1.36 bits per heavy atom. The van der Waals surface area contributed by atoms with Crippen molar-refractivity contribution in [1.29, 1.82) is 0 Å². The number of rotatable bonds is 10. The number of imidazole rings is 1. The number of alkyl halides is 1. The number of thioether (sulfide) groups is 1. The molecule has 2 aromatic rings. The lowest BCUT2D eigenvalue weighted by Gasteiger charge is -2.21. The number of H-pyrrole nitrogens is 1. The van der Waals surface area contributed by atoms with E-state index in [0.717, 1.165) is 25.7 Å². The van der Waals surface area contributed by atoms with Gasteiger partial charge >= 0.3 is 5.97 Å². The number of esters is 1. The summed E-state index contributed by atoms with van der Waals surface area (Å²) in [5, 5.41) is -0.146. The molecule has 0 amide bonds. The smallest absolute Gasteiger partial charge is 0.320 e. The molecule has 0 radical (unpaired) electrons. The maximum atomic E-state index is 12.3. The van der Waals surface area contributed by atoms with E-state index in [1.807, 2.05) is 27.2 Å². The van der Waals surface area contributed by atoms with Gasteiger partial charge in [0.1, 0.15) is 5.41 Å². The van der Waals surface area contributed by atoms with E-state index in [-0.39, 0.29) is 22.1 Å². The molecule has 0 saturated heterocycles. The van der Waals surface area contributed by atoms with Crippen molar-refractivity contribution in [3.8, 4) is 0 Å². The number of aromatic nitrogens is 4. The van der Waals surface area contributed by atoms with E-state index >= 15 is 0 Å². The zero-order valence-electron chi connectivity index (χ0n) is 15.9. The quantitative estimate of drug-likeness (QED) is 0.160. The van der Waals surface area contributed by atoms with E-state index < -0.39 is 11.4 Å². The maximum Gasteiger partial charge on any atom is 0.320 e. The molecule has 0 saturated carbocycles. The lowest BCUT2D eigenvalue weighted by atomic mass is 9.96. The van der Waals surface area contributed by atoms with Crippen molar-refractivity contribution in [2.75, 3.05) is 23.0 Å². The molecule has 11 heteroatoms. The molecule has 0 fully saturated rings. The predicted octanol–water partition coefficient (Wildman–Crippen LogP) is 2.14. The summed E-state index contributed by atoms with van der Waals surface area (Å²) >= 11 is 3.23. The van der Waals surface area contributed by atoms with E-state index in [4.69, 9.17) is 10.5 Å². The van der Waals surface area contributed by atoms with Crippen LogP contribution in [0.4, 0.5) is 5.95 Å². The monoisotopic (exact) mass is 521 g/mol. The molecule has 0 aromatic carbocycles. The highest BCUT2D eigenvalue weighted by atomic mass is 127. The van der Waals surface area contributed by atoms with Gasteiger partial charge in [-0.25, -0.2) is 4.98 Å². The SMILES string of the molecule is COC(=O)C(C)(CI)C(=O)SCCCCCCn1cnc2c(=O)[nH]c(N)nc21. The minimum atomic E-state index is -1.09. The van der Waals surface area contributed by atoms with Gasteiger partial charge in [-0.15, -0.1) is 0 Å². The number of fused-ring (bicyclic) bond motifs is 1. The standard InChI is InChI=1S/C17H24IN5O4S/c1-17(9-18,14(25)27-2)15(26)28-8-6-4-3-5-7-23-10-20-11-12(23)21-16(19)22-13(11)24/h10H,3-9H2,1-2H3,(H3,19,21,22,24). The van der Waals surface area contributed by atoms with Crippen LogP contribution in [-0.2, 0) is 20.9 Å². The third kappa shape index (κ3) is 5.25. The lowest BCUT2D eigenvalue weighted by Crippen LogP contribution is -2.37. The van der Waals surface area contributed by atoms with Crippen LogP contribution in [0.3, 0.4) is 0 Å². The average molecular weight is 521 g/mol. The van der Waals surface area contributed by atoms with E-state index in [1.165, 1.54) is 18.9 Å². The van der Waals surface area contributed by atoms with E-state index in [1.54, 1.807) is 13.3 Å². The van der Waals surface area contributed by atoms with Gasteiger partial charge in [0.15, 0.2) is 11.2 Å². The third-order valence-electron chi connectivity index (χ3n) is 4.37. The Hall–Kier alpha value is -1.63. The number of methoxy groups -OCH3 is 1. The van der Waals surface area contributed by atoms with Gasteiger partial charge in [0.05, 0.1) is 13.4 Å². The number of anilines is 1. The van der Waals surface area contributed by atoms with Crippen molar-refractivity contribution >= 4 is 62.5 Å². The average Bonchev–Trinajstić information content (AvgIpc) is 3.08. The maximum absolute atomic E-state index is 12.3. The molecule has 2 rings (SSSR count). The molecule has 9 nitrogen and oxygen atoms in total. The number of nitrogen functional groups attached to an aromatic ring is 1. The zero-order chi connectivity index (χ0) is 20.7. The van der Waals surface area contributed by atoms with Gasteiger partial charge in [-0.2, -0.15) is 4.98 Å². The summed E-state index contributed by atoms with van der Waals surface area (Å²) in [4.78, 5) is 46.6. The predicted molar refractivity (Wildman–Crippen MR) is 118 cm³/mol. The molecule has 154 valence electrons. The van der Waals surface area contributed by atoms with Crippen molar-refractivity contribution in [3.05, 3.63) is 16.7 Å². The van der Waals surface area contributed by atoms with Crippen molar-refractivity contribution in [2.45, 2.75) is 39.2 Å². The van der Waals surface area contributed by atoms with E-state index in [0.29, 0.717) is 22.4 Å². The number of carbonyl (C=O) groups is 2. The fourth-order valence-corrected chi connectivity index (χ4v) is 4.54. The van der Waals surface area contributed by atoms with Gasteiger partial charge in [0.2, 0.25) is 11.1 Å². The first-order valence-electron chi connectivity index (χ1n) is 8.85. The first kappa shape index (κ1) is 22.7. The fourth-order valence-electron chi connectivity index (χ4n) is 2.61. The molecule has 2 heterocycles. The Balaban J connectivity index is 1.72. The topological polar surface area (TPSA) is 133 Å². The summed E-state index contributed by atoms with van der Waals surface area (Å²) in [6, 6.07) is 0. The molecule has 0 aliphatic heterocycles. The first-order valence-corrected chi connectivity index (χ1v) is 11.4. The number of ether oxygens (including phenoxy) is 1. The molecule has 2 aromatic heterocycles. The first-order chi connectivity index (χ1) is 13.3. The number of halogens is 1. The highest BCUT2D eigenvalue weighted by Gasteiger charge is 2.41. The number of aromatic amines is 1. The van der Waals surface area contributed by atoms with Gasteiger partial charge in [-0.05, 0) is 19.8 Å². The highest BCUT2D eigenvalue weighted by Crippen LogP contribution is 2.29. The third-order valence-corrected chi connectivity index (χ3v) is 7.10. The molecule has 28 heavy (non-hydrogen) atoms. The molecular formula is C17H24IN5O4S. The van der Waals surface area contributed by atoms with E-state index in [2.05, 4.69) is 15.0 Å². The summed E-state index contributed by atoms with van der Waals surface area (Å²) in [6.45, 7) is 2.32. The molecule has 0 aliphatic rings. The largest absolute Gasteiger partial charge is 0.468 e. The summed E-state index contributed by atoms with van der Waals surface area (Å²) in [6.07, 6.45) is 5.30. The summed E-state index contributed by atoms with van der Waals surface area (Å²) in [7, 11) is 1.30. The lowest BCUT2D eigenvalue weighted by molar-refractivity contribution is -0.152. The normalized spacial score (nSPS) is 13.4. The molecular weight excluding hydrogens is 497 g/mol. The van der Waals surface area contributed by atoms with Gasteiger partial charge < -0.3 is 15.0 Å². The second-order valence-corrected chi connectivity index (χ2v) is 8.40. The molecule has 0 bridgehead atoms. The van der Waals surface area contributed by atoms with E-state index in [9.17, 15) is 14.4 Å². The number of unbranched alkanes of at least 4 members (excludes halogenated alkanes) is 3. The number of nitrogens with two attached hydrogens (primary N) is 1. The van der Waals surface area contributed by atoms with Crippen LogP contribution >= 0.6 is 34.4 Å². The summed E-state index contributed by atoms with van der Waals surface area (Å²) < 4.78 is 6.96. The van der Waals surface area contributed by atoms with Crippen molar-refractivity contribution in [2.24, 2.45) is 5.41 Å². The summed E-state index contributed by atoms with van der Waals surface area (Å²) in [5.41, 5.74) is 4.93. The Labute approximate surface area is 180 Å². The number of hydrogen-bond donors (Lipinski definition) is 2. The van der Waals surface area contributed by atoms with Crippen LogP contribution < -0.4 is 11.3 Å². The summed E-state index contributed by atoms with van der Waals surface area (Å²) in [5.74, 6) is 0.259. The number of nitrogens with one attached hydrogen (secondary N) is 1. The van der Waals surface area contributed by atoms with Crippen LogP contribution in [0, 0.1) is 5.41 Å². The molecule has 3 N–H and O–H groups in total. The van der Waals surface area contributed by atoms with Gasteiger partial charge in [0, 0.05) is 16.7 Å². The number of nitrogens with zero attached hydrogens (tertiary/aromatic N) is 3. The second kappa shape index (κ2) is 10.2. The number of hydrogen-bond acceptors (Lipinski definition) is 8. The van der Waals surface area contributed by atoms with Crippen LogP contribution in [-0.4, -0.2) is 47.9 Å². The van der Waals surface area contributed by atoms with Crippen molar-refractivity contribution in [3.63, 3.8) is 0 Å².